The minimum Gasteiger partial charge on any atom is -0.453 e. The van der Waals surface area contributed by atoms with Crippen LogP contribution in [0.4, 0.5) is 4.39 Å². The molecule has 0 unspecified atom stereocenters. The Morgan fingerprint density at radius 2 is 1.89 bits per heavy atom. The molecule has 0 bridgehead atoms. The van der Waals surface area contributed by atoms with Gasteiger partial charge in [-0.15, -0.1) is 11.8 Å². The normalized spacial score (nSPS) is 11.0. The summed E-state index contributed by atoms with van der Waals surface area (Å²) in [6.07, 6.45) is 0. The monoisotopic (exact) mass is 382 g/mol. The fourth-order valence-electron chi connectivity index (χ4n) is 2.53. The SMILES string of the molecule is O=C(CSc1ccc(F)cc1)NCc1cc(-c2cc3ccccc3o2)on1. The number of para-hydroxylation sites is 1. The number of thioether (sulfide) groups is 1. The van der Waals surface area contributed by atoms with Crippen molar-refractivity contribution in [3.63, 3.8) is 0 Å². The van der Waals surface area contributed by atoms with Crippen LogP contribution in [0, 0.1) is 5.82 Å². The number of nitrogens with zero attached hydrogens (tertiary/aromatic N) is 1. The third-order valence-corrected chi connectivity index (χ3v) is 4.89. The number of hydrogen-bond donors (Lipinski definition) is 1. The van der Waals surface area contributed by atoms with Crippen molar-refractivity contribution < 1.29 is 18.1 Å². The van der Waals surface area contributed by atoms with Crippen LogP contribution in [-0.2, 0) is 11.3 Å². The van der Waals surface area contributed by atoms with Gasteiger partial charge in [0.15, 0.2) is 5.76 Å². The van der Waals surface area contributed by atoms with Gasteiger partial charge in [-0.3, -0.25) is 4.79 Å². The highest BCUT2D eigenvalue weighted by Gasteiger charge is 2.12. The van der Waals surface area contributed by atoms with Gasteiger partial charge in [0.2, 0.25) is 11.7 Å². The van der Waals surface area contributed by atoms with Crippen LogP contribution in [0.2, 0.25) is 0 Å². The number of hydrogen-bond acceptors (Lipinski definition) is 5. The average molecular weight is 382 g/mol. The van der Waals surface area contributed by atoms with Crippen molar-refractivity contribution in [1.82, 2.24) is 10.5 Å². The van der Waals surface area contributed by atoms with Gasteiger partial charge in [0.1, 0.15) is 17.1 Å². The second kappa shape index (κ2) is 7.67. The molecular weight excluding hydrogens is 367 g/mol. The van der Waals surface area contributed by atoms with Gasteiger partial charge in [-0.1, -0.05) is 23.4 Å². The van der Waals surface area contributed by atoms with Gasteiger partial charge in [0.05, 0.1) is 12.3 Å². The molecule has 1 amide bonds. The van der Waals surface area contributed by atoms with E-state index in [1.165, 1.54) is 23.9 Å². The smallest absolute Gasteiger partial charge is 0.230 e. The molecule has 0 aliphatic heterocycles. The Balaban J connectivity index is 1.32. The van der Waals surface area contributed by atoms with Crippen molar-refractivity contribution >= 4 is 28.6 Å². The molecule has 2 heterocycles. The second-order valence-electron chi connectivity index (χ2n) is 5.85. The summed E-state index contributed by atoms with van der Waals surface area (Å²) in [7, 11) is 0. The van der Waals surface area contributed by atoms with E-state index in [-0.39, 0.29) is 24.0 Å². The number of aromatic nitrogens is 1. The van der Waals surface area contributed by atoms with Gasteiger partial charge in [0, 0.05) is 16.3 Å². The Labute approximate surface area is 158 Å². The lowest BCUT2D eigenvalue weighted by Gasteiger charge is -2.03. The van der Waals surface area contributed by atoms with Crippen LogP contribution < -0.4 is 5.32 Å². The number of benzene rings is 2. The summed E-state index contributed by atoms with van der Waals surface area (Å²) in [6, 6.07) is 17.3. The highest BCUT2D eigenvalue weighted by Crippen LogP contribution is 2.28. The van der Waals surface area contributed by atoms with Crippen molar-refractivity contribution in [2.24, 2.45) is 0 Å². The number of nitrogens with one attached hydrogen (secondary N) is 1. The molecule has 136 valence electrons. The summed E-state index contributed by atoms with van der Waals surface area (Å²) >= 11 is 1.34. The van der Waals surface area contributed by atoms with Crippen LogP contribution in [0.1, 0.15) is 5.69 Å². The topological polar surface area (TPSA) is 68.3 Å². The van der Waals surface area contributed by atoms with Crippen molar-refractivity contribution in [3.8, 4) is 11.5 Å². The molecule has 27 heavy (non-hydrogen) atoms. The third-order valence-electron chi connectivity index (χ3n) is 3.88. The van der Waals surface area contributed by atoms with E-state index in [0.717, 1.165) is 15.9 Å². The maximum atomic E-state index is 12.9. The van der Waals surface area contributed by atoms with Crippen LogP contribution in [0.15, 0.2) is 74.5 Å². The predicted octanol–water partition coefficient (Wildman–Crippen LogP) is 4.64. The maximum absolute atomic E-state index is 12.9. The molecule has 0 atom stereocenters. The van der Waals surface area contributed by atoms with E-state index in [9.17, 15) is 9.18 Å². The van der Waals surface area contributed by atoms with Gasteiger partial charge < -0.3 is 14.3 Å². The molecule has 0 aliphatic carbocycles. The first-order chi connectivity index (χ1) is 13.2. The molecule has 0 fully saturated rings. The molecule has 5 nitrogen and oxygen atoms in total. The van der Waals surface area contributed by atoms with Crippen LogP contribution in [0.5, 0.6) is 0 Å². The minimum atomic E-state index is -0.296. The van der Waals surface area contributed by atoms with E-state index in [1.807, 2.05) is 30.3 Å². The van der Waals surface area contributed by atoms with Gasteiger partial charge in [-0.25, -0.2) is 4.39 Å². The molecule has 4 rings (SSSR count). The maximum Gasteiger partial charge on any atom is 0.230 e. The fraction of sp³-hybridized carbons (Fsp3) is 0.100. The molecule has 0 radical (unpaired) electrons. The summed E-state index contributed by atoms with van der Waals surface area (Å²) in [5, 5.41) is 7.73. The van der Waals surface area contributed by atoms with Crippen LogP contribution >= 0.6 is 11.8 Å². The number of fused-ring (bicyclic) bond motifs is 1. The fourth-order valence-corrected chi connectivity index (χ4v) is 3.26. The Morgan fingerprint density at radius 3 is 2.70 bits per heavy atom. The number of halogens is 1. The van der Waals surface area contributed by atoms with Crippen molar-refractivity contribution in [2.75, 3.05) is 5.75 Å². The average Bonchev–Trinajstić information content (AvgIpc) is 3.32. The van der Waals surface area contributed by atoms with Crippen LogP contribution in [0.25, 0.3) is 22.5 Å². The van der Waals surface area contributed by atoms with E-state index >= 15 is 0 Å². The van der Waals surface area contributed by atoms with E-state index in [2.05, 4.69) is 10.5 Å². The highest BCUT2D eigenvalue weighted by atomic mass is 32.2. The first kappa shape index (κ1) is 17.4. The Morgan fingerprint density at radius 1 is 1.07 bits per heavy atom. The van der Waals surface area contributed by atoms with Gasteiger partial charge >= 0.3 is 0 Å². The molecule has 7 heteroatoms. The lowest BCUT2D eigenvalue weighted by Crippen LogP contribution is -2.24. The highest BCUT2D eigenvalue weighted by molar-refractivity contribution is 8.00. The van der Waals surface area contributed by atoms with Crippen molar-refractivity contribution in [2.45, 2.75) is 11.4 Å². The zero-order chi connectivity index (χ0) is 18.6. The first-order valence-electron chi connectivity index (χ1n) is 8.27. The number of furan rings is 1. The lowest BCUT2D eigenvalue weighted by atomic mass is 10.2. The summed E-state index contributed by atoms with van der Waals surface area (Å²) in [4.78, 5) is 12.8. The molecule has 0 saturated heterocycles. The molecule has 0 spiro atoms. The number of carbonyl (C=O) groups excluding carboxylic acids is 1. The predicted molar refractivity (Wildman–Crippen MR) is 101 cm³/mol. The van der Waals surface area contributed by atoms with E-state index in [0.29, 0.717) is 17.2 Å². The Hall–Kier alpha value is -3.06. The largest absolute Gasteiger partial charge is 0.453 e. The molecule has 2 aromatic carbocycles. The summed E-state index contributed by atoms with van der Waals surface area (Å²) in [5.74, 6) is 0.900. The zero-order valence-electron chi connectivity index (χ0n) is 14.1. The van der Waals surface area contributed by atoms with Crippen LogP contribution in [-0.4, -0.2) is 16.8 Å². The number of rotatable bonds is 6. The Bertz CT molecular complexity index is 1040. The quantitative estimate of drug-likeness (QED) is 0.492. The van der Waals surface area contributed by atoms with Crippen molar-refractivity contribution in [1.29, 1.82) is 0 Å². The molecule has 0 aliphatic rings. The number of carbonyl (C=O) groups is 1. The van der Waals surface area contributed by atoms with Crippen LogP contribution in [0.3, 0.4) is 0 Å². The van der Waals surface area contributed by atoms with Crippen molar-refractivity contribution in [3.05, 3.63) is 72.2 Å². The molecule has 2 aromatic heterocycles. The second-order valence-corrected chi connectivity index (χ2v) is 6.90. The third kappa shape index (κ3) is 4.20. The van der Waals surface area contributed by atoms with Gasteiger partial charge in [-0.05, 0) is 36.4 Å². The summed E-state index contributed by atoms with van der Waals surface area (Å²) in [5.41, 5.74) is 1.38. The molecule has 4 aromatic rings. The zero-order valence-corrected chi connectivity index (χ0v) is 15.0. The van der Waals surface area contributed by atoms with E-state index in [1.54, 1.807) is 18.2 Å². The molecule has 0 saturated carbocycles. The molecular formula is C20H15FN2O3S. The van der Waals surface area contributed by atoms with Gasteiger partial charge in [0.25, 0.3) is 0 Å². The lowest BCUT2D eigenvalue weighted by molar-refractivity contribution is -0.118. The number of amides is 1. The van der Waals surface area contributed by atoms with Gasteiger partial charge in [-0.2, -0.15) is 0 Å². The Kier molecular flexibility index (Phi) is 4.93. The molecule has 1 N–H and O–H groups in total. The van der Waals surface area contributed by atoms with E-state index in [4.69, 9.17) is 8.94 Å². The summed E-state index contributed by atoms with van der Waals surface area (Å²) in [6.45, 7) is 0.256. The minimum absolute atomic E-state index is 0.141. The first-order valence-corrected chi connectivity index (χ1v) is 9.25. The standard InChI is InChI=1S/C20H15FN2O3S/c21-14-5-7-16(8-6-14)27-12-20(24)22-11-15-10-19(26-23-15)18-9-13-3-1-2-4-17(13)25-18/h1-10H,11-12H2,(H,22,24). The van der Waals surface area contributed by atoms with E-state index < -0.39 is 0 Å². The summed E-state index contributed by atoms with van der Waals surface area (Å²) < 4.78 is 23.9.